The lowest BCUT2D eigenvalue weighted by Gasteiger charge is -2.19. The van der Waals surface area contributed by atoms with Crippen LogP contribution in [0.1, 0.15) is 31.2 Å². The maximum absolute atomic E-state index is 4.59. The molecular weight excluding hydrogens is 236 g/mol. The Balaban J connectivity index is 2.00. The Kier molecular flexibility index (Phi) is 4.44. The Morgan fingerprint density at radius 3 is 2.53 bits per heavy atom. The molecule has 19 heavy (non-hydrogen) atoms. The van der Waals surface area contributed by atoms with Crippen molar-refractivity contribution in [1.29, 1.82) is 0 Å². The van der Waals surface area contributed by atoms with Crippen molar-refractivity contribution in [3.63, 3.8) is 0 Å². The van der Waals surface area contributed by atoms with Crippen LogP contribution in [-0.2, 0) is 6.42 Å². The monoisotopic (exact) mass is 256 g/mol. The summed E-state index contributed by atoms with van der Waals surface area (Å²) in [7, 11) is 2.06. The second-order valence-electron chi connectivity index (χ2n) is 4.95. The van der Waals surface area contributed by atoms with Crippen LogP contribution in [0.3, 0.4) is 0 Å². The van der Waals surface area contributed by atoms with Gasteiger partial charge < -0.3 is 4.90 Å². The van der Waals surface area contributed by atoms with Crippen LogP contribution in [0.4, 0.5) is 5.82 Å². The van der Waals surface area contributed by atoms with E-state index in [0.29, 0.717) is 5.92 Å². The van der Waals surface area contributed by atoms with E-state index in [-0.39, 0.29) is 0 Å². The average Bonchev–Trinajstić information content (AvgIpc) is 2.46. The molecule has 0 aromatic carbocycles. The topological polar surface area (TPSA) is 41.9 Å². The van der Waals surface area contributed by atoms with Crippen LogP contribution >= 0.6 is 0 Å². The van der Waals surface area contributed by atoms with Gasteiger partial charge in [-0.1, -0.05) is 13.8 Å². The smallest absolute Gasteiger partial charge is 0.133 e. The minimum atomic E-state index is 0.355. The predicted molar refractivity (Wildman–Crippen MR) is 77.3 cm³/mol. The van der Waals surface area contributed by atoms with Crippen LogP contribution in [0, 0.1) is 0 Å². The van der Waals surface area contributed by atoms with Gasteiger partial charge in [-0.15, -0.1) is 0 Å². The van der Waals surface area contributed by atoms with Gasteiger partial charge in [0.25, 0.3) is 0 Å². The second kappa shape index (κ2) is 6.27. The quantitative estimate of drug-likeness (QED) is 0.825. The van der Waals surface area contributed by atoms with E-state index in [9.17, 15) is 0 Å². The van der Waals surface area contributed by atoms with Crippen LogP contribution in [-0.4, -0.2) is 28.5 Å². The van der Waals surface area contributed by atoms with Crippen molar-refractivity contribution in [1.82, 2.24) is 15.0 Å². The lowest BCUT2D eigenvalue weighted by Crippen LogP contribution is -2.22. The van der Waals surface area contributed by atoms with Crippen molar-refractivity contribution in [3.05, 3.63) is 48.2 Å². The van der Waals surface area contributed by atoms with E-state index in [1.807, 2.05) is 36.8 Å². The Morgan fingerprint density at radius 2 is 1.84 bits per heavy atom. The van der Waals surface area contributed by atoms with Crippen LogP contribution < -0.4 is 4.90 Å². The largest absolute Gasteiger partial charge is 0.359 e. The highest BCUT2D eigenvalue weighted by atomic mass is 15.2. The molecule has 2 heterocycles. The summed E-state index contributed by atoms with van der Waals surface area (Å²) < 4.78 is 0. The molecule has 0 bridgehead atoms. The van der Waals surface area contributed by atoms with E-state index in [2.05, 4.69) is 40.7 Å². The molecule has 4 nitrogen and oxygen atoms in total. The number of anilines is 1. The summed E-state index contributed by atoms with van der Waals surface area (Å²) in [4.78, 5) is 15.1. The molecule has 0 amide bonds. The fraction of sp³-hybridized carbons (Fsp3) is 0.400. The molecule has 4 heteroatoms. The molecule has 0 spiro atoms. The number of rotatable bonds is 5. The molecule has 0 saturated heterocycles. The van der Waals surface area contributed by atoms with Crippen molar-refractivity contribution < 1.29 is 0 Å². The Morgan fingerprint density at radius 1 is 1.11 bits per heavy atom. The zero-order valence-electron chi connectivity index (χ0n) is 11.7. The lowest BCUT2D eigenvalue weighted by molar-refractivity contribution is 0.760. The molecule has 100 valence electrons. The third-order valence-electron chi connectivity index (χ3n) is 3.05. The summed E-state index contributed by atoms with van der Waals surface area (Å²) in [5.41, 5.74) is 1.29. The number of hydrogen-bond donors (Lipinski definition) is 0. The first-order chi connectivity index (χ1) is 9.16. The van der Waals surface area contributed by atoms with Crippen LogP contribution in [0.25, 0.3) is 0 Å². The molecule has 0 radical (unpaired) electrons. The zero-order valence-corrected chi connectivity index (χ0v) is 11.7. The first-order valence-corrected chi connectivity index (χ1v) is 6.60. The van der Waals surface area contributed by atoms with Crippen molar-refractivity contribution in [3.8, 4) is 0 Å². The molecule has 0 N–H and O–H groups in total. The summed E-state index contributed by atoms with van der Waals surface area (Å²) in [5, 5.41) is 0. The maximum atomic E-state index is 4.59. The summed E-state index contributed by atoms with van der Waals surface area (Å²) in [6, 6.07) is 6.05. The fourth-order valence-corrected chi connectivity index (χ4v) is 1.82. The normalized spacial score (nSPS) is 10.7. The zero-order chi connectivity index (χ0) is 13.7. The van der Waals surface area contributed by atoms with E-state index >= 15 is 0 Å². The number of pyridine rings is 1. The van der Waals surface area contributed by atoms with Gasteiger partial charge in [0.05, 0.1) is 0 Å². The van der Waals surface area contributed by atoms with Crippen molar-refractivity contribution in [2.45, 2.75) is 26.2 Å². The molecule has 0 aliphatic heterocycles. The third kappa shape index (κ3) is 3.74. The third-order valence-corrected chi connectivity index (χ3v) is 3.05. The molecular formula is C15H20N4. The average molecular weight is 256 g/mol. The summed E-state index contributed by atoms with van der Waals surface area (Å²) >= 11 is 0. The van der Waals surface area contributed by atoms with Gasteiger partial charge in [0.1, 0.15) is 11.6 Å². The molecule has 2 aromatic heterocycles. The van der Waals surface area contributed by atoms with E-state index < -0.39 is 0 Å². The Hall–Kier alpha value is -1.97. The molecule has 0 aliphatic carbocycles. The van der Waals surface area contributed by atoms with Gasteiger partial charge in [-0.2, -0.15) is 0 Å². The maximum Gasteiger partial charge on any atom is 0.133 e. The number of nitrogens with zero attached hydrogens (tertiary/aromatic N) is 4. The van der Waals surface area contributed by atoms with Gasteiger partial charge in [-0.3, -0.25) is 4.98 Å². The van der Waals surface area contributed by atoms with Gasteiger partial charge >= 0.3 is 0 Å². The van der Waals surface area contributed by atoms with Gasteiger partial charge in [-0.05, 0) is 30.2 Å². The van der Waals surface area contributed by atoms with E-state index in [1.165, 1.54) is 5.56 Å². The standard InChI is InChI=1S/C15H20N4/c1-12(2)15-17-10-6-14(18-15)19(3)11-7-13-4-8-16-9-5-13/h4-6,8-10,12H,7,11H2,1-3H3. The first kappa shape index (κ1) is 13.5. The predicted octanol–water partition coefficient (Wildman–Crippen LogP) is 2.67. The fourth-order valence-electron chi connectivity index (χ4n) is 1.82. The van der Waals surface area contributed by atoms with E-state index in [1.54, 1.807) is 0 Å². The Bertz CT molecular complexity index is 511. The summed E-state index contributed by atoms with van der Waals surface area (Å²) in [6.07, 6.45) is 6.48. The van der Waals surface area contributed by atoms with Gasteiger partial charge in [0, 0.05) is 38.1 Å². The number of aromatic nitrogens is 3. The SMILES string of the molecule is CC(C)c1nccc(N(C)CCc2ccncc2)n1. The molecule has 2 aromatic rings. The highest BCUT2D eigenvalue weighted by molar-refractivity contribution is 5.36. The number of hydrogen-bond acceptors (Lipinski definition) is 4. The molecule has 0 saturated carbocycles. The molecule has 0 fully saturated rings. The minimum absolute atomic E-state index is 0.355. The molecule has 2 rings (SSSR count). The van der Waals surface area contributed by atoms with Crippen LogP contribution in [0.2, 0.25) is 0 Å². The summed E-state index contributed by atoms with van der Waals surface area (Å²) in [5.74, 6) is 2.23. The van der Waals surface area contributed by atoms with Crippen LogP contribution in [0.15, 0.2) is 36.8 Å². The van der Waals surface area contributed by atoms with Gasteiger partial charge in [0.2, 0.25) is 0 Å². The second-order valence-corrected chi connectivity index (χ2v) is 4.95. The lowest BCUT2D eigenvalue weighted by atomic mass is 10.2. The highest BCUT2D eigenvalue weighted by Crippen LogP contribution is 2.14. The molecule has 0 aliphatic rings. The van der Waals surface area contributed by atoms with Crippen LogP contribution in [0.5, 0.6) is 0 Å². The molecule has 0 unspecified atom stereocenters. The van der Waals surface area contributed by atoms with Gasteiger partial charge in [0.15, 0.2) is 0 Å². The van der Waals surface area contributed by atoms with E-state index in [0.717, 1.165) is 24.6 Å². The molecule has 0 atom stereocenters. The van der Waals surface area contributed by atoms with Crippen molar-refractivity contribution >= 4 is 5.82 Å². The van der Waals surface area contributed by atoms with Crippen molar-refractivity contribution in [2.75, 3.05) is 18.5 Å². The van der Waals surface area contributed by atoms with E-state index in [4.69, 9.17) is 0 Å². The highest BCUT2D eigenvalue weighted by Gasteiger charge is 2.07. The van der Waals surface area contributed by atoms with Gasteiger partial charge in [-0.25, -0.2) is 9.97 Å². The van der Waals surface area contributed by atoms with Crippen molar-refractivity contribution in [2.24, 2.45) is 0 Å². The first-order valence-electron chi connectivity index (χ1n) is 6.60. The number of likely N-dealkylation sites (N-methyl/N-ethyl adjacent to an activating group) is 1. The minimum Gasteiger partial charge on any atom is -0.359 e. The summed E-state index contributed by atoms with van der Waals surface area (Å²) in [6.45, 7) is 5.14. The Labute approximate surface area is 114 Å².